The Morgan fingerprint density at radius 2 is 1.62 bits per heavy atom. The van der Waals surface area contributed by atoms with Gasteiger partial charge < -0.3 is 15.2 Å². The van der Waals surface area contributed by atoms with E-state index in [-0.39, 0.29) is 19.1 Å². The minimum Gasteiger partial charge on any atom is -0.481 e. The Balaban J connectivity index is 1.86. The Bertz CT molecular complexity index is 672. The first kappa shape index (κ1) is 17.7. The molecule has 5 nitrogen and oxygen atoms in total. The van der Waals surface area contributed by atoms with Crippen molar-refractivity contribution in [2.45, 2.75) is 18.9 Å². The van der Waals surface area contributed by atoms with E-state index < -0.39 is 11.4 Å². The number of ether oxygens (including phenoxy) is 1. The Hall–Kier alpha value is -2.66. The molecule has 24 heavy (non-hydrogen) atoms. The van der Waals surface area contributed by atoms with Crippen LogP contribution in [0, 0.1) is 0 Å². The summed E-state index contributed by atoms with van der Waals surface area (Å²) in [4.78, 5) is 23.6. The number of nitrogens with one attached hydrogen (secondary N) is 1. The Labute approximate surface area is 141 Å². The zero-order valence-corrected chi connectivity index (χ0v) is 13.6. The summed E-state index contributed by atoms with van der Waals surface area (Å²) in [6, 6.07) is 18.4. The second-order valence-corrected chi connectivity index (χ2v) is 5.76. The highest BCUT2D eigenvalue weighted by Crippen LogP contribution is 2.23. The van der Waals surface area contributed by atoms with E-state index in [1.807, 2.05) is 36.4 Å². The van der Waals surface area contributed by atoms with Gasteiger partial charge in [0, 0.05) is 6.54 Å². The summed E-state index contributed by atoms with van der Waals surface area (Å²) in [6.45, 7) is 1.82. The van der Waals surface area contributed by atoms with Crippen molar-refractivity contribution < 1.29 is 19.4 Å². The number of carboxylic acid groups (broad SMARTS) is 1. The van der Waals surface area contributed by atoms with Gasteiger partial charge in [-0.15, -0.1) is 0 Å². The van der Waals surface area contributed by atoms with Gasteiger partial charge in [0.1, 0.15) is 12.0 Å². The number of benzene rings is 2. The minimum absolute atomic E-state index is 0.000122. The van der Waals surface area contributed by atoms with Gasteiger partial charge in [0.05, 0.1) is 6.61 Å². The van der Waals surface area contributed by atoms with E-state index in [4.69, 9.17) is 4.74 Å². The highest BCUT2D eigenvalue weighted by Gasteiger charge is 2.35. The van der Waals surface area contributed by atoms with Gasteiger partial charge in [0.2, 0.25) is 5.91 Å². The molecule has 0 saturated carbocycles. The van der Waals surface area contributed by atoms with Crippen LogP contribution in [-0.2, 0) is 26.3 Å². The Morgan fingerprint density at radius 1 is 1.04 bits per heavy atom. The van der Waals surface area contributed by atoms with Crippen LogP contribution in [-0.4, -0.2) is 30.1 Å². The lowest BCUT2D eigenvalue weighted by molar-refractivity contribution is -0.143. The van der Waals surface area contributed by atoms with Crippen LogP contribution in [0.2, 0.25) is 0 Å². The van der Waals surface area contributed by atoms with E-state index in [1.54, 1.807) is 31.2 Å². The molecule has 0 spiro atoms. The van der Waals surface area contributed by atoms with E-state index >= 15 is 0 Å². The molecule has 0 saturated heterocycles. The standard InChI is InChI=1S/C19H21NO4/c1-19(18(22)23,16-10-6-3-7-11-16)14-20-17(21)13-24-12-15-8-4-2-5-9-15/h2-11H,12-14H2,1H3,(H,20,21)(H,22,23). The van der Waals surface area contributed by atoms with Crippen LogP contribution in [0.15, 0.2) is 60.7 Å². The van der Waals surface area contributed by atoms with Crippen LogP contribution < -0.4 is 5.32 Å². The monoisotopic (exact) mass is 327 g/mol. The normalized spacial score (nSPS) is 13.0. The van der Waals surface area contributed by atoms with Crippen molar-refractivity contribution in [3.63, 3.8) is 0 Å². The molecular weight excluding hydrogens is 306 g/mol. The van der Waals surface area contributed by atoms with Crippen LogP contribution in [0.5, 0.6) is 0 Å². The molecule has 0 aliphatic rings. The first-order valence-electron chi connectivity index (χ1n) is 7.69. The molecule has 0 heterocycles. The smallest absolute Gasteiger partial charge is 0.315 e. The quantitative estimate of drug-likeness (QED) is 0.780. The second kappa shape index (κ2) is 8.26. The molecule has 2 rings (SSSR count). The molecule has 0 aliphatic carbocycles. The highest BCUT2D eigenvalue weighted by atomic mass is 16.5. The number of carbonyl (C=O) groups excluding carboxylic acids is 1. The van der Waals surface area contributed by atoms with Gasteiger partial charge in [-0.05, 0) is 18.1 Å². The van der Waals surface area contributed by atoms with Crippen molar-refractivity contribution in [2.24, 2.45) is 0 Å². The molecule has 2 aromatic rings. The van der Waals surface area contributed by atoms with E-state index in [1.165, 1.54) is 0 Å². The molecule has 0 fully saturated rings. The van der Waals surface area contributed by atoms with Gasteiger partial charge in [-0.25, -0.2) is 0 Å². The molecule has 2 aromatic carbocycles. The van der Waals surface area contributed by atoms with Crippen molar-refractivity contribution in [1.82, 2.24) is 5.32 Å². The highest BCUT2D eigenvalue weighted by molar-refractivity contribution is 5.83. The Kier molecular flexibility index (Phi) is 6.09. The van der Waals surface area contributed by atoms with Crippen LogP contribution >= 0.6 is 0 Å². The van der Waals surface area contributed by atoms with Crippen molar-refractivity contribution in [2.75, 3.05) is 13.2 Å². The summed E-state index contributed by atoms with van der Waals surface area (Å²) in [7, 11) is 0. The zero-order valence-electron chi connectivity index (χ0n) is 13.6. The maximum Gasteiger partial charge on any atom is 0.315 e. The molecular formula is C19H21NO4. The van der Waals surface area contributed by atoms with Gasteiger partial charge in [-0.1, -0.05) is 60.7 Å². The molecule has 1 atom stereocenters. The summed E-state index contributed by atoms with van der Waals surface area (Å²) in [5.41, 5.74) is 0.434. The molecule has 0 radical (unpaired) electrons. The number of amides is 1. The third-order valence-corrected chi connectivity index (χ3v) is 3.87. The molecule has 5 heteroatoms. The van der Waals surface area contributed by atoms with Gasteiger partial charge >= 0.3 is 5.97 Å². The van der Waals surface area contributed by atoms with Crippen molar-refractivity contribution in [1.29, 1.82) is 0 Å². The maximum absolute atomic E-state index is 11.9. The lowest BCUT2D eigenvalue weighted by Crippen LogP contribution is -2.45. The number of carboxylic acids is 1. The van der Waals surface area contributed by atoms with Crippen LogP contribution in [0.3, 0.4) is 0 Å². The van der Waals surface area contributed by atoms with E-state index in [0.717, 1.165) is 5.56 Å². The zero-order chi connectivity index (χ0) is 17.4. The summed E-state index contributed by atoms with van der Waals surface area (Å²) < 4.78 is 5.35. The van der Waals surface area contributed by atoms with E-state index in [0.29, 0.717) is 12.2 Å². The van der Waals surface area contributed by atoms with Crippen LogP contribution in [0.4, 0.5) is 0 Å². The SMILES string of the molecule is CC(CNC(=O)COCc1ccccc1)(C(=O)O)c1ccccc1. The van der Waals surface area contributed by atoms with Crippen molar-refractivity contribution in [3.8, 4) is 0 Å². The summed E-state index contributed by atoms with van der Waals surface area (Å²) in [6.07, 6.45) is 0. The largest absolute Gasteiger partial charge is 0.481 e. The van der Waals surface area contributed by atoms with Crippen molar-refractivity contribution >= 4 is 11.9 Å². The van der Waals surface area contributed by atoms with Crippen LogP contribution in [0.25, 0.3) is 0 Å². The number of rotatable bonds is 8. The lowest BCUT2D eigenvalue weighted by Gasteiger charge is -2.25. The predicted octanol–water partition coefficient (Wildman–Crippen LogP) is 2.36. The fourth-order valence-electron chi connectivity index (χ4n) is 2.27. The molecule has 2 N–H and O–H groups in total. The maximum atomic E-state index is 11.9. The number of carbonyl (C=O) groups is 2. The average Bonchev–Trinajstić information content (AvgIpc) is 2.61. The van der Waals surface area contributed by atoms with E-state index in [9.17, 15) is 14.7 Å². The first-order chi connectivity index (χ1) is 11.5. The fourth-order valence-corrected chi connectivity index (χ4v) is 2.27. The second-order valence-electron chi connectivity index (χ2n) is 5.76. The molecule has 0 aromatic heterocycles. The molecule has 1 amide bonds. The predicted molar refractivity (Wildman–Crippen MR) is 90.5 cm³/mol. The summed E-state index contributed by atoms with van der Waals surface area (Å²) >= 11 is 0. The number of hydrogen-bond acceptors (Lipinski definition) is 3. The fraction of sp³-hybridized carbons (Fsp3) is 0.263. The van der Waals surface area contributed by atoms with Crippen LogP contribution in [0.1, 0.15) is 18.1 Å². The average molecular weight is 327 g/mol. The number of hydrogen-bond donors (Lipinski definition) is 2. The summed E-state index contributed by atoms with van der Waals surface area (Å²) in [5.74, 6) is -1.33. The lowest BCUT2D eigenvalue weighted by atomic mass is 9.82. The first-order valence-corrected chi connectivity index (χ1v) is 7.69. The summed E-state index contributed by atoms with van der Waals surface area (Å²) in [5, 5.41) is 12.2. The van der Waals surface area contributed by atoms with Gasteiger partial charge in [0.25, 0.3) is 0 Å². The topological polar surface area (TPSA) is 75.6 Å². The molecule has 0 aliphatic heterocycles. The van der Waals surface area contributed by atoms with Crippen molar-refractivity contribution in [3.05, 3.63) is 71.8 Å². The third kappa shape index (κ3) is 4.67. The van der Waals surface area contributed by atoms with E-state index in [2.05, 4.69) is 5.32 Å². The number of aliphatic carboxylic acids is 1. The molecule has 1 unspecified atom stereocenters. The van der Waals surface area contributed by atoms with Gasteiger partial charge in [-0.2, -0.15) is 0 Å². The molecule has 126 valence electrons. The minimum atomic E-state index is -1.18. The van der Waals surface area contributed by atoms with Gasteiger partial charge in [-0.3, -0.25) is 9.59 Å². The van der Waals surface area contributed by atoms with Gasteiger partial charge in [0.15, 0.2) is 0 Å². The Morgan fingerprint density at radius 3 is 2.21 bits per heavy atom. The third-order valence-electron chi connectivity index (χ3n) is 3.87. The molecule has 0 bridgehead atoms.